The zero-order valence-corrected chi connectivity index (χ0v) is 12.0. The van der Waals surface area contributed by atoms with Gasteiger partial charge in [0, 0.05) is 11.4 Å². The van der Waals surface area contributed by atoms with Crippen molar-refractivity contribution in [2.75, 3.05) is 10.6 Å². The number of hydrogen-bond donors (Lipinski definition) is 3. The average Bonchev–Trinajstić information content (AvgIpc) is 2.50. The Balaban J connectivity index is 1.85. The summed E-state index contributed by atoms with van der Waals surface area (Å²) in [5.41, 5.74) is 1.09. The molecule has 0 saturated heterocycles. The molecule has 0 heterocycles. The lowest BCUT2D eigenvalue weighted by Gasteiger charge is -2.14. The third kappa shape index (κ3) is 4.59. The van der Waals surface area contributed by atoms with E-state index in [2.05, 4.69) is 16.0 Å². The Kier molecular flexibility index (Phi) is 5.08. The van der Waals surface area contributed by atoms with E-state index >= 15 is 0 Å². The molecule has 0 aliphatic carbocycles. The fourth-order valence-corrected chi connectivity index (χ4v) is 1.73. The first-order valence-electron chi connectivity index (χ1n) is 6.73. The van der Waals surface area contributed by atoms with Crippen LogP contribution in [0.1, 0.15) is 6.92 Å². The summed E-state index contributed by atoms with van der Waals surface area (Å²) >= 11 is 0. The molecule has 2 aromatic rings. The Bertz CT molecular complexity index is 644. The molecule has 114 valence electrons. The molecule has 6 heteroatoms. The highest BCUT2D eigenvalue weighted by atomic mass is 19.1. The third-order valence-corrected chi connectivity index (χ3v) is 2.88. The van der Waals surface area contributed by atoms with Gasteiger partial charge in [0.25, 0.3) is 0 Å². The normalized spacial score (nSPS) is 11.4. The number of carbonyl (C=O) groups excluding carboxylic acids is 2. The highest BCUT2D eigenvalue weighted by Crippen LogP contribution is 2.09. The fourth-order valence-electron chi connectivity index (χ4n) is 1.73. The molecule has 1 atom stereocenters. The van der Waals surface area contributed by atoms with Crippen LogP contribution in [0.15, 0.2) is 54.6 Å². The van der Waals surface area contributed by atoms with Crippen LogP contribution in [-0.4, -0.2) is 18.0 Å². The second-order valence-corrected chi connectivity index (χ2v) is 4.68. The van der Waals surface area contributed by atoms with E-state index in [0.717, 1.165) is 0 Å². The summed E-state index contributed by atoms with van der Waals surface area (Å²) in [5, 5.41) is 7.73. The second kappa shape index (κ2) is 7.21. The van der Waals surface area contributed by atoms with E-state index in [0.29, 0.717) is 11.4 Å². The number of urea groups is 1. The molecule has 0 aliphatic rings. The van der Waals surface area contributed by atoms with Crippen molar-refractivity contribution in [1.29, 1.82) is 0 Å². The Labute approximate surface area is 127 Å². The van der Waals surface area contributed by atoms with Gasteiger partial charge in [0.1, 0.15) is 11.9 Å². The minimum absolute atomic E-state index is 0.383. The van der Waals surface area contributed by atoms with Gasteiger partial charge >= 0.3 is 6.03 Å². The van der Waals surface area contributed by atoms with Gasteiger partial charge in [-0.1, -0.05) is 18.2 Å². The van der Waals surface area contributed by atoms with Crippen molar-refractivity contribution in [1.82, 2.24) is 5.32 Å². The van der Waals surface area contributed by atoms with Gasteiger partial charge in [-0.05, 0) is 43.3 Å². The molecular weight excluding hydrogens is 285 g/mol. The Morgan fingerprint density at radius 1 is 0.909 bits per heavy atom. The van der Waals surface area contributed by atoms with Gasteiger partial charge < -0.3 is 16.0 Å². The van der Waals surface area contributed by atoms with Crippen molar-refractivity contribution in [3.05, 3.63) is 60.4 Å². The van der Waals surface area contributed by atoms with Crippen molar-refractivity contribution in [3.8, 4) is 0 Å². The van der Waals surface area contributed by atoms with Crippen LogP contribution in [0.3, 0.4) is 0 Å². The Morgan fingerprint density at radius 2 is 1.50 bits per heavy atom. The SMILES string of the molecule is CC(NC(=O)Nc1ccccc1)C(=O)Nc1ccc(F)cc1. The predicted octanol–water partition coefficient (Wildman–Crippen LogP) is 2.97. The lowest BCUT2D eigenvalue weighted by atomic mass is 10.2. The van der Waals surface area contributed by atoms with E-state index in [1.807, 2.05) is 6.07 Å². The summed E-state index contributed by atoms with van der Waals surface area (Å²) in [6, 6.07) is 13.1. The smallest absolute Gasteiger partial charge is 0.319 e. The number of hydrogen-bond acceptors (Lipinski definition) is 2. The standard InChI is InChI=1S/C16H16FN3O2/c1-11(15(21)19-14-9-7-12(17)8-10-14)18-16(22)20-13-5-3-2-4-6-13/h2-11H,1H3,(H,19,21)(H2,18,20,22). The predicted molar refractivity (Wildman–Crippen MR) is 83.1 cm³/mol. The minimum atomic E-state index is -0.742. The topological polar surface area (TPSA) is 70.2 Å². The van der Waals surface area contributed by atoms with Gasteiger partial charge in [0.15, 0.2) is 0 Å². The van der Waals surface area contributed by atoms with E-state index in [1.54, 1.807) is 31.2 Å². The van der Waals surface area contributed by atoms with Crippen LogP contribution in [-0.2, 0) is 4.79 Å². The monoisotopic (exact) mass is 301 g/mol. The van der Waals surface area contributed by atoms with Crippen LogP contribution in [0.25, 0.3) is 0 Å². The Morgan fingerprint density at radius 3 is 2.14 bits per heavy atom. The molecule has 0 bridgehead atoms. The second-order valence-electron chi connectivity index (χ2n) is 4.68. The van der Waals surface area contributed by atoms with Crippen molar-refractivity contribution in [3.63, 3.8) is 0 Å². The van der Waals surface area contributed by atoms with Gasteiger partial charge in [-0.25, -0.2) is 9.18 Å². The zero-order chi connectivity index (χ0) is 15.9. The van der Waals surface area contributed by atoms with Crippen LogP contribution in [0.5, 0.6) is 0 Å². The lowest BCUT2D eigenvalue weighted by molar-refractivity contribution is -0.117. The highest BCUT2D eigenvalue weighted by Gasteiger charge is 2.15. The first-order valence-corrected chi connectivity index (χ1v) is 6.73. The van der Waals surface area contributed by atoms with Crippen LogP contribution in [0, 0.1) is 5.82 Å². The Hall–Kier alpha value is -2.89. The quantitative estimate of drug-likeness (QED) is 0.812. The summed E-state index contributed by atoms with van der Waals surface area (Å²) in [6.45, 7) is 1.56. The molecule has 0 spiro atoms. The molecule has 0 aliphatic heterocycles. The fraction of sp³-hybridized carbons (Fsp3) is 0.125. The first kappa shape index (κ1) is 15.5. The molecule has 5 nitrogen and oxygen atoms in total. The molecule has 2 aromatic carbocycles. The summed E-state index contributed by atoms with van der Waals surface area (Å²) in [4.78, 5) is 23.7. The lowest BCUT2D eigenvalue weighted by Crippen LogP contribution is -2.43. The number of amides is 3. The van der Waals surface area contributed by atoms with Gasteiger partial charge in [-0.15, -0.1) is 0 Å². The van der Waals surface area contributed by atoms with E-state index < -0.39 is 18.0 Å². The molecule has 0 radical (unpaired) electrons. The van der Waals surface area contributed by atoms with Gasteiger partial charge in [-0.3, -0.25) is 4.79 Å². The van der Waals surface area contributed by atoms with E-state index in [4.69, 9.17) is 0 Å². The average molecular weight is 301 g/mol. The van der Waals surface area contributed by atoms with Crippen molar-refractivity contribution in [2.24, 2.45) is 0 Å². The zero-order valence-electron chi connectivity index (χ0n) is 12.0. The summed E-state index contributed by atoms with van der Waals surface area (Å²) in [6.07, 6.45) is 0. The maximum atomic E-state index is 12.8. The number of para-hydroxylation sites is 1. The van der Waals surface area contributed by atoms with Crippen molar-refractivity contribution < 1.29 is 14.0 Å². The van der Waals surface area contributed by atoms with Gasteiger partial charge in [0.05, 0.1) is 0 Å². The molecule has 0 saturated carbocycles. The molecule has 22 heavy (non-hydrogen) atoms. The first-order chi connectivity index (χ1) is 10.5. The highest BCUT2D eigenvalue weighted by molar-refractivity contribution is 5.98. The molecule has 0 fully saturated rings. The van der Waals surface area contributed by atoms with Crippen LogP contribution >= 0.6 is 0 Å². The molecule has 2 rings (SSSR count). The molecule has 3 amide bonds. The van der Waals surface area contributed by atoms with Crippen LogP contribution in [0.4, 0.5) is 20.6 Å². The van der Waals surface area contributed by atoms with E-state index in [9.17, 15) is 14.0 Å². The third-order valence-electron chi connectivity index (χ3n) is 2.88. The number of benzene rings is 2. The largest absolute Gasteiger partial charge is 0.326 e. The number of halogens is 1. The summed E-state index contributed by atoms with van der Waals surface area (Å²) in [7, 11) is 0. The van der Waals surface area contributed by atoms with Gasteiger partial charge in [0.2, 0.25) is 5.91 Å². The molecule has 0 aromatic heterocycles. The maximum Gasteiger partial charge on any atom is 0.319 e. The number of rotatable bonds is 4. The van der Waals surface area contributed by atoms with Crippen LogP contribution < -0.4 is 16.0 Å². The van der Waals surface area contributed by atoms with Crippen LogP contribution in [0.2, 0.25) is 0 Å². The maximum absolute atomic E-state index is 12.8. The van der Waals surface area contributed by atoms with E-state index in [1.165, 1.54) is 24.3 Å². The molecular formula is C16H16FN3O2. The van der Waals surface area contributed by atoms with Gasteiger partial charge in [-0.2, -0.15) is 0 Å². The van der Waals surface area contributed by atoms with E-state index in [-0.39, 0.29) is 5.82 Å². The summed E-state index contributed by atoms with van der Waals surface area (Å²) < 4.78 is 12.8. The number of anilines is 2. The number of carbonyl (C=O) groups is 2. The molecule has 3 N–H and O–H groups in total. The van der Waals surface area contributed by atoms with Crippen molar-refractivity contribution >= 4 is 23.3 Å². The van der Waals surface area contributed by atoms with Crippen molar-refractivity contribution in [2.45, 2.75) is 13.0 Å². The molecule has 1 unspecified atom stereocenters. The minimum Gasteiger partial charge on any atom is -0.326 e. The summed E-state index contributed by atoms with van der Waals surface area (Å²) in [5.74, 6) is -0.777. The number of nitrogens with one attached hydrogen (secondary N) is 3.